The first-order chi connectivity index (χ1) is 15.5. The third kappa shape index (κ3) is 3.34. The van der Waals surface area contributed by atoms with Gasteiger partial charge >= 0.3 is 0 Å². The van der Waals surface area contributed by atoms with Crippen molar-refractivity contribution < 1.29 is 14.0 Å². The standard InChI is InChI=1S/C26H22N2O4/c1-15-22(26(31)28-16-8-3-2-4-9-16)23(24-19(27-15)11-7-12-20(24)29)18-14-32-21-13-6-5-10-17(21)25(18)30/h2-6,8-10,13-14,23,27H,7,11-12H2,1H3,(H,28,31)/t23-/m1/s1. The smallest absolute Gasteiger partial charge is 0.254 e. The number of para-hydroxylation sites is 2. The zero-order valence-electron chi connectivity index (χ0n) is 17.6. The van der Waals surface area contributed by atoms with E-state index in [9.17, 15) is 14.4 Å². The maximum absolute atomic E-state index is 13.5. The monoisotopic (exact) mass is 426 g/mol. The van der Waals surface area contributed by atoms with Crippen molar-refractivity contribution in [1.82, 2.24) is 5.32 Å². The molecule has 2 aliphatic rings. The zero-order chi connectivity index (χ0) is 22.2. The van der Waals surface area contributed by atoms with Crippen LogP contribution in [0, 0.1) is 0 Å². The second-order valence-corrected chi connectivity index (χ2v) is 8.10. The number of amides is 1. The SMILES string of the molecule is CC1=C(C(=O)Nc2ccccc2)[C@@H](c2coc3ccccc3c2=O)C2=C(CCCC2=O)N1. The lowest BCUT2D eigenvalue weighted by Gasteiger charge is -2.34. The Morgan fingerprint density at radius 2 is 1.78 bits per heavy atom. The molecule has 0 radical (unpaired) electrons. The maximum Gasteiger partial charge on any atom is 0.254 e. The Bertz CT molecular complexity index is 1370. The molecule has 3 aromatic rings. The van der Waals surface area contributed by atoms with Gasteiger partial charge in [0.25, 0.3) is 5.91 Å². The number of Topliss-reactive ketones (excluding diaryl/α,β-unsaturated/α-hetero) is 1. The summed E-state index contributed by atoms with van der Waals surface area (Å²) < 4.78 is 5.76. The molecule has 32 heavy (non-hydrogen) atoms. The summed E-state index contributed by atoms with van der Waals surface area (Å²) in [6.07, 6.45) is 3.22. The van der Waals surface area contributed by atoms with Gasteiger partial charge in [0.05, 0.1) is 17.6 Å². The number of carbonyl (C=O) groups is 2. The van der Waals surface area contributed by atoms with E-state index in [1.807, 2.05) is 18.2 Å². The molecule has 6 nitrogen and oxygen atoms in total. The second-order valence-electron chi connectivity index (χ2n) is 8.10. The van der Waals surface area contributed by atoms with E-state index >= 15 is 0 Å². The fourth-order valence-electron chi connectivity index (χ4n) is 4.61. The summed E-state index contributed by atoms with van der Waals surface area (Å²) in [6.45, 7) is 1.80. The maximum atomic E-state index is 13.5. The van der Waals surface area contributed by atoms with Crippen LogP contribution in [0.1, 0.15) is 37.7 Å². The Labute approximate surface area is 184 Å². The first-order valence-electron chi connectivity index (χ1n) is 10.7. The number of dihydropyridines is 1. The van der Waals surface area contributed by atoms with E-state index in [1.54, 1.807) is 43.3 Å². The second kappa shape index (κ2) is 7.96. The van der Waals surface area contributed by atoms with Crippen LogP contribution in [0.5, 0.6) is 0 Å². The third-order valence-electron chi connectivity index (χ3n) is 6.07. The van der Waals surface area contributed by atoms with Crippen molar-refractivity contribution >= 4 is 28.3 Å². The molecule has 6 heteroatoms. The number of fused-ring (bicyclic) bond motifs is 1. The molecule has 0 unspecified atom stereocenters. The highest BCUT2D eigenvalue weighted by atomic mass is 16.3. The topological polar surface area (TPSA) is 88.4 Å². The van der Waals surface area contributed by atoms with E-state index in [-0.39, 0.29) is 17.1 Å². The van der Waals surface area contributed by atoms with Crippen LogP contribution in [0.2, 0.25) is 0 Å². The molecule has 0 saturated carbocycles. The van der Waals surface area contributed by atoms with Crippen molar-refractivity contribution in [3.05, 3.63) is 99.2 Å². The van der Waals surface area contributed by atoms with Crippen molar-refractivity contribution in [3.63, 3.8) is 0 Å². The first kappa shape index (κ1) is 20.0. The highest BCUT2D eigenvalue weighted by Gasteiger charge is 2.40. The normalized spacial score (nSPS) is 18.4. The summed E-state index contributed by atoms with van der Waals surface area (Å²) >= 11 is 0. The minimum absolute atomic E-state index is 0.0474. The van der Waals surface area contributed by atoms with Gasteiger partial charge in [0.15, 0.2) is 11.2 Å². The molecule has 1 aliphatic carbocycles. The molecule has 0 fully saturated rings. The van der Waals surface area contributed by atoms with Crippen molar-refractivity contribution in [2.24, 2.45) is 0 Å². The van der Waals surface area contributed by atoms with E-state index in [2.05, 4.69) is 10.6 Å². The van der Waals surface area contributed by atoms with Crippen LogP contribution in [0.25, 0.3) is 11.0 Å². The first-order valence-corrected chi connectivity index (χ1v) is 10.7. The summed E-state index contributed by atoms with van der Waals surface area (Å²) in [5, 5.41) is 6.60. The van der Waals surface area contributed by atoms with Crippen LogP contribution in [0.4, 0.5) is 5.69 Å². The lowest BCUT2D eigenvalue weighted by molar-refractivity contribution is -0.116. The number of nitrogens with one attached hydrogen (secondary N) is 2. The molecule has 1 atom stereocenters. The Balaban J connectivity index is 1.69. The molecule has 0 saturated heterocycles. The van der Waals surface area contributed by atoms with E-state index in [1.165, 1.54) is 6.26 Å². The minimum atomic E-state index is -0.788. The molecule has 2 aromatic carbocycles. The van der Waals surface area contributed by atoms with Gasteiger partial charge in [-0.25, -0.2) is 0 Å². The molecular weight excluding hydrogens is 404 g/mol. The van der Waals surface area contributed by atoms with Gasteiger partial charge in [0.2, 0.25) is 0 Å². The Kier molecular flexibility index (Phi) is 4.98. The largest absolute Gasteiger partial charge is 0.464 e. The molecule has 5 rings (SSSR count). The average Bonchev–Trinajstić information content (AvgIpc) is 2.79. The lowest BCUT2D eigenvalue weighted by Crippen LogP contribution is -2.37. The summed E-state index contributed by atoms with van der Waals surface area (Å²) in [5.74, 6) is -1.19. The molecule has 2 heterocycles. The van der Waals surface area contributed by atoms with Crippen LogP contribution >= 0.6 is 0 Å². The van der Waals surface area contributed by atoms with Gasteiger partial charge in [-0.3, -0.25) is 14.4 Å². The predicted molar refractivity (Wildman–Crippen MR) is 122 cm³/mol. The quantitative estimate of drug-likeness (QED) is 0.648. The molecule has 2 N–H and O–H groups in total. The zero-order valence-corrected chi connectivity index (χ0v) is 17.6. The van der Waals surface area contributed by atoms with Crippen molar-refractivity contribution in [2.45, 2.75) is 32.1 Å². The van der Waals surface area contributed by atoms with Gasteiger partial charge < -0.3 is 15.1 Å². The van der Waals surface area contributed by atoms with Gasteiger partial charge in [0, 0.05) is 40.2 Å². The van der Waals surface area contributed by atoms with E-state index in [4.69, 9.17) is 4.42 Å². The predicted octanol–water partition coefficient (Wildman–Crippen LogP) is 4.40. The molecule has 160 valence electrons. The molecular formula is C26H22N2O4. The number of benzene rings is 2. The summed E-state index contributed by atoms with van der Waals surface area (Å²) in [6, 6.07) is 16.1. The van der Waals surface area contributed by atoms with Crippen LogP contribution in [-0.2, 0) is 9.59 Å². The molecule has 0 bridgehead atoms. The van der Waals surface area contributed by atoms with Gasteiger partial charge in [0.1, 0.15) is 5.58 Å². The third-order valence-corrected chi connectivity index (χ3v) is 6.07. The van der Waals surface area contributed by atoms with Crippen molar-refractivity contribution in [2.75, 3.05) is 5.32 Å². The summed E-state index contributed by atoms with van der Waals surface area (Å²) in [4.78, 5) is 40.0. The molecule has 1 amide bonds. The summed E-state index contributed by atoms with van der Waals surface area (Å²) in [5.41, 5.74) is 3.42. The van der Waals surface area contributed by atoms with Crippen molar-refractivity contribution in [1.29, 1.82) is 0 Å². The van der Waals surface area contributed by atoms with Gasteiger partial charge in [-0.2, -0.15) is 0 Å². The van der Waals surface area contributed by atoms with Gasteiger partial charge in [-0.15, -0.1) is 0 Å². The van der Waals surface area contributed by atoms with E-state index in [0.717, 1.165) is 12.1 Å². The molecule has 1 aliphatic heterocycles. The van der Waals surface area contributed by atoms with E-state index in [0.29, 0.717) is 51.9 Å². The van der Waals surface area contributed by atoms with Crippen molar-refractivity contribution in [3.8, 4) is 0 Å². The number of hydrogen-bond acceptors (Lipinski definition) is 5. The van der Waals surface area contributed by atoms with Crippen LogP contribution in [0.3, 0.4) is 0 Å². The Morgan fingerprint density at radius 1 is 1.03 bits per heavy atom. The number of anilines is 1. The number of hydrogen-bond donors (Lipinski definition) is 2. The Morgan fingerprint density at radius 3 is 2.59 bits per heavy atom. The number of ketones is 1. The lowest BCUT2D eigenvalue weighted by atomic mass is 9.75. The van der Waals surface area contributed by atoms with Gasteiger partial charge in [-0.1, -0.05) is 30.3 Å². The van der Waals surface area contributed by atoms with Crippen LogP contribution in [0.15, 0.2) is 92.6 Å². The number of rotatable bonds is 3. The van der Waals surface area contributed by atoms with Crippen LogP contribution in [-0.4, -0.2) is 11.7 Å². The highest BCUT2D eigenvalue weighted by molar-refractivity contribution is 6.09. The summed E-state index contributed by atoms with van der Waals surface area (Å²) in [7, 11) is 0. The molecule has 0 spiro atoms. The molecule has 1 aromatic heterocycles. The fraction of sp³-hybridized carbons (Fsp3) is 0.192. The van der Waals surface area contributed by atoms with E-state index < -0.39 is 5.92 Å². The minimum Gasteiger partial charge on any atom is -0.464 e. The highest BCUT2D eigenvalue weighted by Crippen LogP contribution is 2.41. The number of carbonyl (C=O) groups excluding carboxylic acids is 2. The van der Waals surface area contributed by atoms with Gasteiger partial charge in [-0.05, 0) is 44.0 Å². The van der Waals surface area contributed by atoms with Crippen LogP contribution < -0.4 is 16.1 Å². The fourth-order valence-corrected chi connectivity index (χ4v) is 4.61. The number of allylic oxidation sites excluding steroid dienone is 3. The average molecular weight is 426 g/mol. The Hall–Kier alpha value is -3.93.